The summed E-state index contributed by atoms with van der Waals surface area (Å²) in [6.45, 7) is 1.64. The number of thiophene rings is 1. The lowest BCUT2D eigenvalue weighted by Gasteiger charge is -2.23. The van der Waals surface area contributed by atoms with Gasteiger partial charge in [-0.2, -0.15) is 5.10 Å². The zero-order valence-corrected chi connectivity index (χ0v) is 19.0. The standard InChI is InChI=1S/C26H25N3O3S/c30-25(28-13-4-5-14-28)18-32-21-11-6-10-20(16-21)23-17-22(24-12-7-15-33-24)27-29(23)26(31)19-8-2-1-3-9-19/h1-3,6-12,15-16,23H,4-5,13-14,17-18H2/t23-/m1/s1. The number of likely N-dealkylation sites (tertiary alicyclic amines) is 1. The maximum absolute atomic E-state index is 13.3. The summed E-state index contributed by atoms with van der Waals surface area (Å²) in [6, 6.07) is 20.6. The van der Waals surface area contributed by atoms with Crippen molar-refractivity contribution in [3.05, 3.63) is 88.1 Å². The first-order valence-electron chi connectivity index (χ1n) is 11.2. The number of rotatable bonds is 6. The minimum absolute atomic E-state index is 0.0166. The van der Waals surface area contributed by atoms with Gasteiger partial charge >= 0.3 is 0 Å². The zero-order valence-electron chi connectivity index (χ0n) is 18.2. The number of nitrogens with zero attached hydrogens (tertiary/aromatic N) is 3. The van der Waals surface area contributed by atoms with Crippen LogP contribution in [0.25, 0.3) is 0 Å². The Balaban J connectivity index is 1.37. The Hall–Kier alpha value is -3.45. The number of hydrazone groups is 1. The molecule has 3 aromatic rings. The third-order valence-electron chi connectivity index (χ3n) is 6.01. The Morgan fingerprint density at radius 2 is 1.82 bits per heavy atom. The van der Waals surface area contributed by atoms with Crippen LogP contribution in [0, 0.1) is 0 Å². The number of carbonyl (C=O) groups is 2. The average molecular weight is 460 g/mol. The summed E-state index contributed by atoms with van der Waals surface area (Å²) in [6.07, 6.45) is 2.73. The molecule has 0 spiro atoms. The van der Waals surface area contributed by atoms with Gasteiger partial charge in [-0.25, -0.2) is 5.01 Å². The molecule has 2 amide bonds. The number of benzene rings is 2. The number of hydrogen-bond donors (Lipinski definition) is 0. The maximum Gasteiger partial charge on any atom is 0.274 e. The Kier molecular flexibility index (Phi) is 6.21. The van der Waals surface area contributed by atoms with Gasteiger partial charge in [0.2, 0.25) is 0 Å². The van der Waals surface area contributed by atoms with Gasteiger partial charge in [0, 0.05) is 25.1 Å². The van der Waals surface area contributed by atoms with E-state index in [1.165, 1.54) is 0 Å². The summed E-state index contributed by atoms with van der Waals surface area (Å²) in [5.74, 6) is 0.502. The van der Waals surface area contributed by atoms with Crippen LogP contribution in [0.15, 0.2) is 77.2 Å². The van der Waals surface area contributed by atoms with Crippen molar-refractivity contribution in [3.63, 3.8) is 0 Å². The third-order valence-corrected chi connectivity index (χ3v) is 6.93. The molecular weight excluding hydrogens is 434 g/mol. The number of amides is 2. The molecule has 0 aliphatic carbocycles. The van der Waals surface area contributed by atoms with Gasteiger partial charge < -0.3 is 9.64 Å². The van der Waals surface area contributed by atoms with E-state index in [0.717, 1.165) is 42.1 Å². The molecule has 2 aromatic carbocycles. The van der Waals surface area contributed by atoms with E-state index in [1.54, 1.807) is 16.3 Å². The Bertz CT molecular complexity index is 1150. The molecule has 7 heteroatoms. The Labute approximate surface area is 197 Å². The molecule has 168 valence electrons. The number of carbonyl (C=O) groups excluding carboxylic acids is 2. The minimum Gasteiger partial charge on any atom is -0.484 e. The van der Waals surface area contributed by atoms with E-state index >= 15 is 0 Å². The van der Waals surface area contributed by atoms with Crippen molar-refractivity contribution in [2.45, 2.75) is 25.3 Å². The fraction of sp³-hybridized carbons (Fsp3) is 0.269. The van der Waals surface area contributed by atoms with Crippen LogP contribution in [0.4, 0.5) is 0 Å². The molecule has 2 aliphatic rings. The fourth-order valence-electron chi connectivity index (χ4n) is 4.28. The first kappa shape index (κ1) is 21.4. The highest BCUT2D eigenvalue weighted by atomic mass is 32.1. The number of ether oxygens (including phenoxy) is 1. The van der Waals surface area contributed by atoms with Crippen LogP contribution in [0.2, 0.25) is 0 Å². The molecule has 0 bridgehead atoms. The van der Waals surface area contributed by atoms with Crippen LogP contribution in [0.3, 0.4) is 0 Å². The molecule has 3 heterocycles. The van der Waals surface area contributed by atoms with Gasteiger partial charge in [0.05, 0.1) is 16.6 Å². The summed E-state index contributed by atoms with van der Waals surface area (Å²) < 4.78 is 5.83. The second-order valence-electron chi connectivity index (χ2n) is 8.21. The van der Waals surface area contributed by atoms with Gasteiger partial charge in [-0.3, -0.25) is 9.59 Å². The summed E-state index contributed by atoms with van der Waals surface area (Å²) >= 11 is 1.62. The van der Waals surface area contributed by atoms with E-state index in [2.05, 4.69) is 0 Å². The smallest absolute Gasteiger partial charge is 0.274 e. The van der Waals surface area contributed by atoms with E-state index < -0.39 is 0 Å². The predicted molar refractivity (Wildman–Crippen MR) is 129 cm³/mol. The SMILES string of the molecule is O=C(COc1cccc([C@H]2CC(c3cccs3)=NN2C(=O)c2ccccc2)c1)N1CCCC1. The largest absolute Gasteiger partial charge is 0.484 e. The van der Waals surface area contributed by atoms with Gasteiger partial charge in [0.1, 0.15) is 5.75 Å². The Morgan fingerprint density at radius 1 is 1.00 bits per heavy atom. The highest BCUT2D eigenvalue weighted by Crippen LogP contribution is 2.36. The quantitative estimate of drug-likeness (QED) is 0.535. The Morgan fingerprint density at radius 3 is 2.58 bits per heavy atom. The molecule has 6 nitrogen and oxygen atoms in total. The van der Waals surface area contributed by atoms with Crippen LogP contribution in [-0.2, 0) is 4.79 Å². The van der Waals surface area contributed by atoms with Crippen LogP contribution < -0.4 is 4.74 Å². The number of hydrogen-bond acceptors (Lipinski definition) is 5. The predicted octanol–water partition coefficient (Wildman–Crippen LogP) is 4.74. The van der Waals surface area contributed by atoms with Crippen LogP contribution in [0.1, 0.15) is 46.1 Å². The van der Waals surface area contributed by atoms with Crippen molar-refractivity contribution in [2.75, 3.05) is 19.7 Å². The minimum atomic E-state index is -0.243. The van der Waals surface area contributed by atoms with Crippen LogP contribution in [-0.4, -0.2) is 47.1 Å². The van der Waals surface area contributed by atoms with Crippen molar-refractivity contribution in [2.24, 2.45) is 5.10 Å². The first-order chi connectivity index (χ1) is 16.2. The molecule has 1 atom stereocenters. The first-order valence-corrected chi connectivity index (χ1v) is 12.1. The average Bonchev–Trinajstić information content (AvgIpc) is 3.64. The lowest BCUT2D eigenvalue weighted by molar-refractivity contribution is -0.132. The van der Waals surface area contributed by atoms with Gasteiger partial charge in [-0.15, -0.1) is 11.3 Å². The molecule has 33 heavy (non-hydrogen) atoms. The molecule has 0 unspecified atom stereocenters. The van der Waals surface area contributed by atoms with Gasteiger partial charge in [0.15, 0.2) is 6.61 Å². The van der Waals surface area contributed by atoms with Crippen molar-refractivity contribution in [1.82, 2.24) is 9.91 Å². The second kappa shape index (κ2) is 9.58. The molecule has 2 aliphatic heterocycles. The van der Waals surface area contributed by atoms with Gasteiger partial charge in [0.25, 0.3) is 11.8 Å². The molecule has 1 saturated heterocycles. The summed E-state index contributed by atoms with van der Waals surface area (Å²) in [4.78, 5) is 28.6. The molecule has 1 fully saturated rings. The van der Waals surface area contributed by atoms with Gasteiger partial charge in [-0.05, 0) is 54.1 Å². The molecule has 0 N–H and O–H groups in total. The van der Waals surface area contributed by atoms with E-state index in [4.69, 9.17) is 9.84 Å². The lowest BCUT2D eigenvalue weighted by Crippen LogP contribution is -2.32. The molecule has 1 aromatic heterocycles. The maximum atomic E-state index is 13.3. The summed E-state index contributed by atoms with van der Waals surface area (Å²) in [5, 5.41) is 8.33. The van der Waals surface area contributed by atoms with Crippen molar-refractivity contribution < 1.29 is 14.3 Å². The summed E-state index contributed by atoms with van der Waals surface area (Å²) in [5.41, 5.74) is 2.43. The highest BCUT2D eigenvalue weighted by Gasteiger charge is 2.34. The van der Waals surface area contributed by atoms with E-state index in [9.17, 15) is 9.59 Å². The van der Waals surface area contributed by atoms with Gasteiger partial charge in [-0.1, -0.05) is 36.4 Å². The zero-order chi connectivity index (χ0) is 22.6. The van der Waals surface area contributed by atoms with E-state index in [1.807, 2.05) is 77.0 Å². The highest BCUT2D eigenvalue weighted by molar-refractivity contribution is 7.12. The van der Waals surface area contributed by atoms with Crippen LogP contribution in [0.5, 0.6) is 5.75 Å². The molecular formula is C26H25N3O3S. The fourth-order valence-corrected chi connectivity index (χ4v) is 5.00. The van der Waals surface area contributed by atoms with Crippen molar-refractivity contribution in [1.29, 1.82) is 0 Å². The molecule has 0 radical (unpaired) electrons. The molecule has 0 saturated carbocycles. The van der Waals surface area contributed by atoms with Crippen molar-refractivity contribution in [3.8, 4) is 5.75 Å². The lowest BCUT2D eigenvalue weighted by atomic mass is 10.0. The van der Waals surface area contributed by atoms with E-state index in [0.29, 0.717) is 17.7 Å². The second-order valence-corrected chi connectivity index (χ2v) is 9.16. The monoisotopic (exact) mass is 459 g/mol. The molecule has 5 rings (SSSR count). The normalized spacial score (nSPS) is 17.8. The van der Waals surface area contributed by atoms with E-state index in [-0.39, 0.29) is 24.5 Å². The van der Waals surface area contributed by atoms with Crippen LogP contribution >= 0.6 is 11.3 Å². The summed E-state index contributed by atoms with van der Waals surface area (Å²) in [7, 11) is 0. The van der Waals surface area contributed by atoms with Crippen molar-refractivity contribution >= 4 is 28.9 Å². The third kappa shape index (κ3) is 4.68. The topological polar surface area (TPSA) is 62.2 Å².